The maximum atomic E-state index is 11.7. The van der Waals surface area contributed by atoms with E-state index in [-0.39, 0.29) is 18.2 Å². The van der Waals surface area contributed by atoms with Crippen LogP contribution in [0.25, 0.3) is 0 Å². The Kier molecular flexibility index (Phi) is 5.40. The van der Waals surface area contributed by atoms with Gasteiger partial charge in [0.1, 0.15) is 24.3 Å². The molecule has 0 bridgehead atoms. The number of carbonyl (C=O) groups is 2. The van der Waals surface area contributed by atoms with Crippen LogP contribution >= 0.6 is 0 Å². The Morgan fingerprint density at radius 2 is 2.10 bits per heavy atom. The van der Waals surface area contributed by atoms with Gasteiger partial charge < -0.3 is 10.0 Å². The molecule has 1 aliphatic heterocycles. The number of hydrogen-bond acceptors (Lipinski definition) is 5. The lowest BCUT2D eigenvalue weighted by atomic mass is 9.97. The summed E-state index contributed by atoms with van der Waals surface area (Å²) in [4.78, 5) is 28.5. The minimum atomic E-state index is -1.02. The van der Waals surface area contributed by atoms with Crippen molar-refractivity contribution >= 4 is 23.3 Å². The summed E-state index contributed by atoms with van der Waals surface area (Å²) < 4.78 is 0. The number of nitrogens with zero attached hydrogens (tertiary/aromatic N) is 4. The fourth-order valence-corrected chi connectivity index (χ4v) is 2.25. The van der Waals surface area contributed by atoms with Crippen LogP contribution in [-0.2, 0) is 9.59 Å². The molecule has 0 aromatic heterocycles. The molecule has 0 amide bonds. The summed E-state index contributed by atoms with van der Waals surface area (Å²) in [6.45, 7) is 10.1. The number of aliphatic carboxylic acids is 1. The molecule has 0 spiro atoms. The summed E-state index contributed by atoms with van der Waals surface area (Å²) in [6.07, 6.45) is 2.55. The smallest absolute Gasteiger partial charge is 0.324 e. The quantitative estimate of drug-likeness (QED) is 0.447. The second-order valence-corrected chi connectivity index (χ2v) is 4.68. The van der Waals surface area contributed by atoms with Crippen LogP contribution in [0.4, 0.5) is 0 Å². The van der Waals surface area contributed by atoms with Gasteiger partial charge in [-0.1, -0.05) is 12.7 Å². The highest BCUT2D eigenvalue weighted by Crippen LogP contribution is 2.26. The van der Waals surface area contributed by atoms with Crippen LogP contribution in [0.5, 0.6) is 0 Å². The number of carboxylic acid groups (broad SMARTS) is 1. The number of hydrazone groups is 1. The van der Waals surface area contributed by atoms with E-state index in [0.29, 0.717) is 11.5 Å². The Hall–Kier alpha value is -2.44. The minimum absolute atomic E-state index is 0.204. The van der Waals surface area contributed by atoms with Crippen molar-refractivity contribution in [3.05, 3.63) is 25.4 Å². The maximum Gasteiger partial charge on any atom is 0.324 e. The molecule has 0 saturated carbocycles. The third kappa shape index (κ3) is 3.56. The largest absolute Gasteiger partial charge is 0.480 e. The van der Waals surface area contributed by atoms with Gasteiger partial charge in [-0.05, 0) is 6.92 Å². The molecule has 7 nitrogen and oxygen atoms in total. The summed E-state index contributed by atoms with van der Waals surface area (Å²) in [6, 6.07) is 0. The third-order valence-corrected chi connectivity index (χ3v) is 3.28. The molecule has 2 unspecified atom stereocenters. The molecule has 0 radical (unpaired) electrons. The number of Topliss-reactive ketones (excluding diaryl/α,β-unsaturated/α-hetero) is 1. The Morgan fingerprint density at radius 1 is 1.48 bits per heavy atom. The van der Waals surface area contributed by atoms with Crippen molar-refractivity contribution in [2.75, 3.05) is 13.6 Å². The van der Waals surface area contributed by atoms with E-state index in [0.717, 1.165) is 0 Å². The molecule has 0 fully saturated rings. The first-order valence-electron chi connectivity index (χ1n) is 6.42. The van der Waals surface area contributed by atoms with Crippen LogP contribution in [-0.4, -0.2) is 58.1 Å². The van der Waals surface area contributed by atoms with E-state index in [1.54, 1.807) is 24.9 Å². The van der Waals surface area contributed by atoms with Crippen LogP contribution in [0.15, 0.2) is 35.5 Å². The van der Waals surface area contributed by atoms with E-state index in [9.17, 15) is 9.59 Å². The Balaban J connectivity index is 3.20. The summed E-state index contributed by atoms with van der Waals surface area (Å²) >= 11 is 0. The van der Waals surface area contributed by atoms with Crippen molar-refractivity contribution in [1.82, 2.24) is 9.91 Å². The van der Waals surface area contributed by atoms with E-state index in [1.807, 2.05) is 0 Å². The van der Waals surface area contributed by atoms with Crippen LogP contribution in [0, 0.1) is 5.92 Å². The molecule has 114 valence electrons. The zero-order valence-corrected chi connectivity index (χ0v) is 12.5. The molecule has 1 rings (SSSR count). The van der Waals surface area contributed by atoms with Gasteiger partial charge in [-0.15, -0.1) is 6.58 Å². The van der Waals surface area contributed by atoms with Gasteiger partial charge in [-0.3, -0.25) is 14.6 Å². The summed E-state index contributed by atoms with van der Waals surface area (Å²) in [5.41, 5.74) is 0.300. The molecule has 0 saturated heterocycles. The van der Waals surface area contributed by atoms with Crippen LogP contribution in [0.3, 0.4) is 0 Å². The fraction of sp³-hybridized carbons (Fsp3) is 0.429. The third-order valence-electron chi connectivity index (χ3n) is 3.28. The number of hydrogen-bond donors (Lipinski definition) is 1. The standard InChI is InChI=1S/C14H20N4O3/c1-6-11-13(9(3)19)16-18(8-12(20)21)14(11)17(5)10(4)15-7-2/h6-7,11,14H,1-2,8H2,3-5H3,(H,20,21)/b15-10-. The fourth-order valence-electron chi connectivity index (χ4n) is 2.25. The average molecular weight is 292 g/mol. The van der Waals surface area contributed by atoms with Crippen molar-refractivity contribution in [2.24, 2.45) is 16.0 Å². The molecule has 0 aromatic carbocycles. The lowest BCUT2D eigenvalue weighted by molar-refractivity contribution is -0.139. The van der Waals surface area contributed by atoms with Gasteiger partial charge in [0, 0.05) is 20.2 Å². The highest BCUT2D eigenvalue weighted by molar-refractivity contribution is 6.40. The van der Waals surface area contributed by atoms with Gasteiger partial charge in [-0.25, -0.2) is 4.99 Å². The van der Waals surface area contributed by atoms with Crippen molar-refractivity contribution in [2.45, 2.75) is 20.0 Å². The number of carbonyl (C=O) groups excluding carboxylic acids is 1. The van der Waals surface area contributed by atoms with Gasteiger partial charge in [0.25, 0.3) is 0 Å². The molecule has 1 aliphatic rings. The number of amidine groups is 1. The first kappa shape index (κ1) is 16.6. The molecule has 1 N–H and O–H groups in total. The number of ketones is 1. The topological polar surface area (TPSA) is 85.6 Å². The summed E-state index contributed by atoms with van der Waals surface area (Å²) in [5.74, 6) is -0.980. The molecule has 2 atom stereocenters. The van der Waals surface area contributed by atoms with E-state index in [4.69, 9.17) is 5.11 Å². The molecule has 21 heavy (non-hydrogen) atoms. The lowest BCUT2D eigenvalue weighted by Crippen LogP contribution is -2.49. The second-order valence-electron chi connectivity index (χ2n) is 4.68. The molecule has 1 heterocycles. The number of aliphatic imine (C=N–C) groups is 1. The van der Waals surface area contributed by atoms with Gasteiger partial charge in [0.05, 0.1) is 5.92 Å². The van der Waals surface area contributed by atoms with Gasteiger partial charge in [-0.2, -0.15) is 5.10 Å². The van der Waals surface area contributed by atoms with E-state index < -0.39 is 12.1 Å². The summed E-state index contributed by atoms with van der Waals surface area (Å²) in [5, 5.41) is 14.5. The van der Waals surface area contributed by atoms with Crippen molar-refractivity contribution < 1.29 is 14.7 Å². The zero-order valence-electron chi connectivity index (χ0n) is 12.5. The van der Waals surface area contributed by atoms with Crippen LogP contribution in [0.2, 0.25) is 0 Å². The molecule has 0 aliphatic carbocycles. The molecular formula is C14H20N4O3. The minimum Gasteiger partial charge on any atom is -0.480 e. The van der Waals surface area contributed by atoms with Gasteiger partial charge in [0.15, 0.2) is 5.78 Å². The van der Waals surface area contributed by atoms with E-state index in [2.05, 4.69) is 23.3 Å². The van der Waals surface area contributed by atoms with Crippen molar-refractivity contribution in [1.29, 1.82) is 0 Å². The normalized spacial score (nSPS) is 21.8. The Bertz CT molecular complexity index is 524. The van der Waals surface area contributed by atoms with Gasteiger partial charge in [0.2, 0.25) is 0 Å². The highest BCUT2D eigenvalue weighted by Gasteiger charge is 2.40. The first-order valence-corrected chi connectivity index (χ1v) is 6.42. The van der Waals surface area contributed by atoms with Gasteiger partial charge >= 0.3 is 5.97 Å². The van der Waals surface area contributed by atoms with Crippen LogP contribution in [0.1, 0.15) is 13.8 Å². The predicted octanol–water partition coefficient (Wildman–Crippen LogP) is 0.954. The monoisotopic (exact) mass is 292 g/mol. The molecular weight excluding hydrogens is 272 g/mol. The molecule has 0 aromatic rings. The van der Waals surface area contributed by atoms with E-state index >= 15 is 0 Å². The van der Waals surface area contributed by atoms with Crippen molar-refractivity contribution in [3.8, 4) is 0 Å². The number of carboxylic acids is 1. The Labute approximate surface area is 123 Å². The second kappa shape index (κ2) is 6.83. The van der Waals surface area contributed by atoms with E-state index in [1.165, 1.54) is 18.1 Å². The van der Waals surface area contributed by atoms with Crippen LogP contribution < -0.4 is 0 Å². The highest BCUT2D eigenvalue weighted by atomic mass is 16.4. The maximum absolute atomic E-state index is 11.7. The lowest BCUT2D eigenvalue weighted by Gasteiger charge is -2.34. The molecule has 7 heteroatoms. The zero-order chi connectivity index (χ0) is 16.2. The summed E-state index contributed by atoms with van der Waals surface area (Å²) in [7, 11) is 1.76. The predicted molar refractivity (Wildman–Crippen MR) is 81.0 cm³/mol. The number of rotatable bonds is 6. The average Bonchev–Trinajstić information content (AvgIpc) is 2.75. The SMILES string of the molecule is C=C/N=C(/C)N(C)C1C(C=C)C(C(C)=O)=NN1CC(=O)O. The van der Waals surface area contributed by atoms with Crippen molar-refractivity contribution in [3.63, 3.8) is 0 Å². The Morgan fingerprint density at radius 3 is 2.52 bits per heavy atom. The first-order chi connectivity index (χ1) is 9.83.